The van der Waals surface area contributed by atoms with E-state index in [0.717, 1.165) is 0 Å². The Morgan fingerprint density at radius 1 is 1.47 bits per heavy atom. The summed E-state index contributed by atoms with van der Waals surface area (Å²) in [6, 6.07) is 6.70. The van der Waals surface area contributed by atoms with Gasteiger partial charge in [0.05, 0.1) is 5.39 Å². The van der Waals surface area contributed by atoms with Gasteiger partial charge in [-0.3, -0.25) is 5.41 Å². The number of phenolic OH excluding ortho intramolecular Hbond substituents is 1. The largest absolute Gasteiger partial charge is 0.507 e. The van der Waals surface area contributed by atoms with Crippen LogP contribution in [0.4, 0.5) is 0 Å². The number of nitrogens with zero attached hydrogens (tertiary/aromatic N) is 1. The van der Waals surface area contributed by atoms with Gasteiger partial charge in [0.25, 0.3) is 0 Å². The molecule has 2 rings (SSSR count). The predicted octanol–water partition coefficient (Wildman–Crippen LogP) is 1.80. The van der Waals surface area contributed by atoms with Crippen molar-refractivity contribution in [2.75, 3.05) is 0 Å². The summed E-state index contributed by atoms with van der Waals surface area (Å²) in [7, 11) is 0. The first-order valence-electron chi connectivity index (χ1n) is 4.35. The fourth-order valence-corrected chi connectivity index (χ4v) is 1.57. The highest BCUT2D eigenvalue weighted by molar-refractivity contribution is 5.87. The first-order chi connectivity index (χ1) is 7.15. The van der Waals surface area contributed by atoms with E-state index in [9.17, 15) is 5.11 Å². The van der Waals surface area contributed by atoms with Gasteiger partial charge in [-0.25, -0.2) is 0 Å². The van der Waals surface area contributed by atoms with Crippen LogP contribution in [0.3, 0.4) is 0 Å². The maximum Gasteiger partial charge on any atom is 0.230 e. The summed E-state index contributed by atoms with van der Waals surface area (Å²) in [6.45, 7) is 1.69. The van der Waals surface area contributed by atoms with Crippen LogP contribution in [-0.2, 0) is 0 Å². The molecule has 2 aromatic rings. The Bertz CT molecular complexity index is 635. The molecule has 0 amide bonds. The number of hydrogen-bond donors (Lipinski definition) is 2. The highest BCUT2D eigenvalue weighted by atomic mass is 16.3. The number of rotatable bonds is 0. The van der Waals surface area contributed by atoms with E-state index >= 15 is 0 Å². The molecule has 0 saturated heterocycles. The van der Waals surface area contributed by atoms with Crippen molar-refractivity contribution in [2.45, 2.75) is 6.92 Å². The molecule has 4 nitrogen and oxygen atoms in total. The summed E-state index contributed by atoms with van der Waals surface area (Å²) in [4.78, 5) is 0. The number of nitrogens with one attached hydrogen (secondary N) is 1. The Morgan fingerprint density at radius 3 is 2.87 bits per heavy atom. The van der Waals surface area contributed by atoms with Crippen molar-refractivity contribution in [1.82, 2.24) is 0 Å². The van der Waals surface area contributed by atoms with E-state index in [-0.39, 0.29) is 16.9 Å². The Morgan fingerprint density at radius 2 is 2.20 bits per heavy atom. The maximum atomic E-state index is 9.63. The van der Waals surface area contributed by atoms with Crippen LogP contribution in [0.1, 0.15) is 11.1 Å². The Hall–Kier alpha value is -2.28. The molecule has 0 bridgehead atoms. The van der Waals surface area contributed by atoms with Gasteiger partial charge in [-0.05, 0) is 24.6 Å². The van der Waals surface area contributed by atoms with E-state index in [0.29, 0.717) is 16.5 Å². The molecule has 15 heavy (non-hydrogen) atoms. The number of aromatic hydroxyl groups is 1. The zero-order valence-corrected chi connectivity index (χ0v) is 8.03. The lowest BCUT2D eigenvalue weighted by Gasteiger charge is -2.04. The van der Waals surface area contributed by atoms with Crippen molar-refractivity contribution >= 4 is 11.0 Å². The molecule has 0 radical (unpaired) electrons. The van der Waals surface area contributed by atoms with E-state index in [2.05, 4.69) is 0 Å². The molecule has 0 spiro atoms. The minimum Gasteiger partial charge on any atom is -0.507 e. The number of benzene rings is 1. The number of fused-ring (bicyclic) bond motifs is 1. The van der Waals surface area contributed by atoms with Crippen LogP contribution >= 0.6 is 0 Å². The first-order valence-corrected chi connectivity index (χ1v) is 4.35. The molecule has 0 atom stereocenters. The highest BCUT2D eigenvalue weighted by Gasteiger charge is 2.11. The molecule has 0 unspecified atom stereocenters. The zero-order chi connectivity index (χ0) is 11.0. The van der Waals surface area contributed by atoms with Gasteiger partial charge in [-0.15, -0.1) is 0 Å². The van der Waals surface area contributed by atoms with Gasteiger partial charge >= 0.3 is 0 Å². The lowest BCUT2D eigenvalue weighted by Crippen LogP contribution is -2.06. The third-order valence-electron chi connectivity index (χ3n) is 2.31. The third-order valence-corrected chi connectivity index (χ3v) is 2.31. The minimum atomic E-state index is -0.173. The second-order valence-corrected chi connectivity index (χ2v) is 3.19. The number of hydrogen-bond acceptors (Lipinski definition) is 4. The summed E-state index contributed by atoms with van der Waals surface area (Å²) in [5.41, 5.74) is 0.968. The van der Waals surface area contributed by atoms with Crippen LogP contribution in [0.5, 0.6) is 5.75 Å². The number of nitriles is 1. The summed E-state index contributed by atoms with van der Waals surface area (Å²) < 4.78 is 5.13. The summed E-state index contributed by atoms with van der Waals surface area (Å²) in [5.74, 6) is 0.0604. The van der Waals surface area contributed by atoms with Gasteiger partial charge in [-0.2, -0.15) is 5.26 Å². The quantitative estimate of drug-likeness (QED) is 0.680. The molecular weight excluding hydrogens is 192 g/mol. The number of phenols is 1. The van der Waals surface area contributed by atoms with Gasteiger partial charge in [0, 0.05) is 0 Å². The van der Waals surface area contributed by atoms with Crippen molar-refractivity contribution in [3.05, 3.63) is 34.9 Å². The molecule has 74 valence electrons. The van der Waals surface area contributed by atoms with Crippen molar-refractivity contribution in [3.8, 4) is 11.8 Å². The van der Waals surface area contributed by atoms with Crippen molar-refractivity contribution in [2.24, 2.45) is 0 Å². The molecule has 1 heterocycles. The maximum absolute atomic E-state index is 9.63. The Balaban J connectivity index is 3.08. The van der Waals surface area contributed by atoms with Crippen molar-refractivity contribution in [3.63, 3.8) is 0 Å². The third kappa shape index (κ3) is 1.25. The molecule has 0 fully saturated rings. The topological polar surface area (TPSA) is 81.0 Å². The van der Waals surface area contributed by atoms with E-state index in [1.165, 1.54) is 6.07 Å². The summed E-state index contributed by atoms with van der Waals surface area (Å²) >= 11 is 0. The van der Waals surface area contributed by atoms with Gasteiger partial charge in [0.2, 0.25) is 5.55 Å². The smallest absolute Gasteiger partial charge is 0.230 e. The van der Waals surface area contributed by atoms with Gasteiger partial charge in [0.15, 0.2) is 0 Å². The lowest BCUT2D eigenvalue weighted by molar-refractivity contribution is 0.477. The van der Waals surface area contributed by atoms with E-state index in [4.69, 9.17) is 15.1 Å². The van der Waals surface area contributed by atoms with Crippen molar-refractivity contribution in [1.29, 1.82) is 10.7 Å². The minimum absolute atomic E-state index is 0.0604. The molecule has 2 N–H and O–H groups in total. The molecule has 0 aliphatic carbocycles. The predicted molar refractivity (Wildman–Crippen MR) is 53.2 cm³/mol. The molecule has 4 heteroatoms. The van der Waals surface area contributed by atoms with Gasteiger partial charge in [0.1, 0.15) is 23.0 Å². The summed E-state index contributed by atoms with van der Waals surface area (Å²) in [6.07, 6.45) is 0. The Kier molecular flexibility index (Phi) is 1.94. The first kappa shape index (κ1) is 9.28. The fraction of sp³-hybridized carbons (Fsp3) is 0.0909. The van der Waals surface area contributed by atoms with Crippen LogP contribution in [0, 0.1) is 23.7 Å². The fourth-order valence-electron chi connectivity index (χ4n) is 1.57. The van der Waals surface area contributed by atoms with Gasteiger partial charge in [-0.1, -0.05) is 6.07 Å². The molecular formula is C11H8N2O2. The van der Waals surface area contributed by atoms with Crippen molar-refractivity contribution < 1.29 is 9.52 Å². The normalized spacial score (nSPS) is 10.1. The molecule has 0 aliphatic heterocycles. The van der Waals surface area contributed by atoms with Crippen LogP contribution in [0.15, 0.2) is 22.6 Å². The second-order valence-electron chi connectivity index (χ2n) is 3.19. The Labute approximate surface area is 85.5 Å². The zero-order valence-electron chi connectivity index (χ0n) is 8.03. The second kappa shape index (κ2) is 3.14. The standard InChI is InChI=1S/C11H8N2O2/c1-6-7(5-12)11(13)15-9-4-2-3-8(14)10(6)9/h2-4,13-14H,1H3. The monoisotopic (exact) mass is 200 g/mol. The van der Waals surface area contributed by atoms with E-state index in [1.54, 1.807) is 19.1 Å². The summed E-state index contributed by atoms with van der Waals surface area (Å²) in [5, 5.41) is 26.5. The average molecular weight is 200 g/mol. The molecule has 0 saturated carbocycles. The molecule has 0 aliphatic rings. The van der Waals surface area contributed by atoms with Crippen LogP contribution in [-0.4, -0.2) is 5.11 Å². The van der Waals surface area contributed by atoms with Crippen LogP contribution in [0.2, 0.25) is 0 Å². The SMILES string of the molecule is Cc1c(C#N)c(=N)oc2cccc(O)c12. The highest BCUT2D eigenvalue weighted by Crippen LogP contribution is 2.27. The van der Waals surface area contributed by atoms with Crippen LogP contribution in [0.25, 0.3) is 11.0 Å². The average Bonchev–Trinajstić information content (AvgIpc) is 2.17. The number of aryl methyl sites for hydroxylation is 1. The molecule has 1 aromatic heterocycles. The molecule has 1 aromatic carbocycles. The van der Waals surface area contributed by atoms with Gasteiger partial charge < -0.3 is 9.52 Å². The van der Waals surface area contributed by atoms with E-state index < -0.39 is 0 Å². The van der Waals surface area contributed by atoms with Crippen LogP contribution < -0.4 is 5.55 Å². The van der Waals surface area contributed by atoms with E-state index in [1.807, 2.05) is 6.07 Å². The lowest BCUT2D eigenvalue weighted by atomic mass is 10.1.